The summed E-state index contributed by atoms with van der Waals surface area (Å²) in [6, 6.07) is 0.826. The van der Waals surface area contributed by atoms with Crippen LogP contribution in [0.4, 0.5) is 13.2 Å². The zero-order valence-corrected chi connectivity index (χ0v) is 12.6. The van der Waals surface area contributed by atoms with Gasteiger partial charge in [-0.25, -0.2) is 8.78 Å². The van der Waals surface area contributed by atoms with Gasteiger partial charge in [-0.15, -0.1) is 0 Å². The lowest BCUT2D eigenvalue weighted by Crippen LogP contribution is -2.45. The van der Waals surface area contributed by atoms with E-state index >= 15 is 0 Å². The predicted octanol–water partition coefficient (Wildman–Crippen LogP) is 2.41. The van der Waals surface area contributed by atoms with Crippen LogP contribution in [0.2, 0.25) is 0 Å². The molecule has 1 heterocycles. The van der Waals surface area contributed by atoms with Crippen LogP contribution in [-0.2, 0) is 0 Å². The van der Waals surface area contributed by atoms with Gasteiger partial charge in [-0.2, -0.15) is 4.39 Å². The highest BCUT2D eigenvalue weighted by Crippen LogP contribution is 2.29. The Morgan fingerprint density at radius 2 is 1.83 bits per heavy atom. The van der Waals surface area contributed by atoms with E-state index in [2.05, 4.69) is 5.32 Å². The number of halogens is 3. The zero-order chi connectivity index (χ0) is 16.6. The van der Waals surface area contributed by atoms with Crippen LogP contribution in [0.5, 0.6) is 5.75 Å². The minimum Gasteiger partial charge on any atom is -0.503 e. The number of carbonyl (C=O) groups is 1. The Kier molecular flexibility index (Phi) is 4.48. The van der Waals surface area contributed by atoms with Crippen molar-refractivity contribution >= 4 is 5.91 Å². The molecule has 0 radical (unpaired) electrons. The standard InChI is InChI=1S/C16H19F3N2O2/c17-12-7-11(13(18)15(22)14(12)19)16(23)21-5-3-10(4-6-21)20-8-9-1-2-9/h7,9-10,20,22H,1-6,8H2. The van der Waals surface area contributed by atoms with Crippen molar-refractivity contribution in [1.29, 1.82) is 0 Å². The first-order valence-corrected chi connectivity index (χ1v) is 7.86. The van der Waals surface area contributed by atoms with Crippen LogP contribution in [0.3, 0.4) is 0 Å². The van der Waals surface area contributed by atoms with Crippen LogP contribution >= 0.6 is 0 Å². The summed E-state index contributed by atoms with van der Waals surface area (Å²) in [7, 11) is 0. The lowest BCUT2D eigenvalue weighted by atomic mass is 10.0. The molecule has 23 heavy (non-hydrogen) atoms. The molecule has 2 N–H and O–H groups in total. The molecule has 1 saturated heterocycles. The van der Waals surface area contributed by atoms with E-state index in [1.807, 2.05) is 0 Å². The third-order valence-corrected chi connectivity index (χ3v) is 4.54. The zero-order valence-electron chi connectivity index (χ0n) is 12.6. The molecule has 7 heteroatoms. The van der Waals surface area contributed by atoms with Gasteiger partial charge in [-0.1, -0.05) is 0 Å². The lowest BCUT2D eigenvalue weighted by molar-refractivity contribution is 0.0698. The highest BCUT2D eigenvalue weighted by atomic mass is 19.2. The molecule has 126 valence electrons. The fraction of sp³-hybridized carbons (Fsp3) is 0.562. The van der Waals surface area contributed by atoms with Crippen LogP contribution in [-0.4, -0.2) is 41.6 Å². The molecule has 1 aromatic rings. The molecule has 1 aromatic carbocycles. The molecular weight excluding hydrogens is 309 g/mol. The topological polar surface area (TPSA) is 52.6 Å². The highest BCUT2D eigenvalue weighted by Gasteiger charge is 2.29. The smallest absolute Gasteiger partial charge is 0.257 e. The molecule has 0 atom stereocenters. The van der Waals surface area contributed by atoms with Crippen molar-refractivity contribution in [3.8, 4) is 5.75 Å². The minimum absolute atomic E-state index is 0.322. The van der Waals surface area contributed by atoms with Gasteiger partial charge in [0.2, 0.25) is 5.82 Å². The Morgan fingerprint density at radius 1 is 1.17 bits per heavy atom. The van der Waals surface area contributed by atoms with E-state index < -0.39 is 34.7 Å². The number of phenols is 1. The summed E-state index contributed by atoms with van der Waals surface area (Å²) in [5, 5.41) is 12.7. The van der Waals surface area contributed by atoms with Gasteiger partial charge in [0.15, 0.2) is 17.4 Å². The van der Waals surface area contributed by atoms with E-state index in [1.54, 1.807) is 0 Å². The number of aromatic hydroxyl groups is 1. The van der Waals surface area contributed by atoms with Crippen LogP contribution in [0.1, 0.15) is 36.0 Å². The molecule has 0 bridgehead atoms. The number of amides is 1. The number of piperidine rings is 1. The summed E-state index contributed by atoms with van der Waals surface area (Å²) < 4.78 is 40.2. The summed E-state index contributed by atoms with van der Waals surface area (Å²) in [5.74, 6) is -5.93. The van der Waals surface area contributed by atoms with Gasteiger partial charge in [-0.05, 0) is 44.2 Å². The molecule has 2 fully saturated rings. The van der Waals surface area contributed by atoms with Crippen LogP contribution in [0.25, 0.3) is 0 Å². The average Bonchev–Trinajstić information content (AvgIpc) is 3.38. The van der Waals surface area contributed by atoms with Gasteiger partial charge < -0.3 is 15.3 Å². The Balaban J connectivity index is 1.63. The maximum atomic E-state index is 13.8. The molecule has 4 nitrogen and oxygen atoms in total. The second-order valence-electron chi connectivity index (χ2n) is 6.30. The summed E-state index contributed by atoms with van der Waals surface area (Å²) >= 11 is 0. The van der Waals surface area contributed by atoms with Gasteiger partial charge in [0, 0.05) is 19.1 Å². The van der Waals surface area contributed by atoms with E-state index in [4.69, 9.17) is 0 Å². The molecule has 0 unspecified atom stereocenters. The average molecular weight is 328 g/mol. The molecule has 0 aromatic heterocycles. The number of phenolic OH excluding ortho intramolecular Hbond substituents is 1. The molecular formula is C16H19F3N2O2. The number of nitrogens with one attached hydrogen (secondary N) is 1. The third kappa shape index (κ3) is 3.44. The summed E-state index contributed by atoms with van der Waals surface area (Å²) in [6.07, 6.45) is 4.00. The van der Waals surface area contributed by atoms with Crippen molar-refractivity contribution < 1.29 is 23.1 Å². The van der Waals surface area contributed by atoms with Crippen molar-refractivity contribution in [3.63, 3.8) is 0 Å². The summed E-state index contributed by atoms with van der Waals surface area (Å²) in [4.78, 5) is 13.7. The Morgan fingerprint density at radius 3 is 2.43 bits per heavy atom. The van der Waals surface area contributed by atoms with Crippen molar-refractivity contribution in [3.05, 3.63) is 29.1 Å². The van der Waals surface area contributed by atoms with Gasteiger partial charge in [0.25, 0.3) is 5.91 Å². The quantitative estimate of drug-likeness (QED) is 0.835. The Bertz CT molecular complexity index is 612. The minimum atomic E-state index is -1.68. The molecule has 2 aliphatic rings. The van der Waals surface area contributed by atoms with Crippen molar-refractivity contribution in [1.82, 2.24) is 10.2 Å². The first-order chi connectivity index (χ1) is 11.0. The number of hydrogen-bond acceptors (Lipinski definition) is 3. The number of benzene rings is 1. The van der Waals surface area contributed by atoms with Crippen molar-refractivity contribution in [2.75, 3.05) is 19.6 Å². The number of likely N-dealkylation sites (tertiary alicyclic amines) is 1. The lowest BCUT2D eigenvalue weighted by Gasteiger charge is -2.32. The van der Waals surface area contributed by atoms with Crippen LogP contribution < -0.4 is 5.32 Å². The fourth-order valence-electron chi connectivity index (χ4n) is 2.86. The fourth-order valence-corrected chi connectivity index (χ4v) is 2.86. The summed E-state index contributed by atoms with van der Waals surface area (Å²) in [5.41, 5.74) is -0.634. The molecule has 3 rings (SSSR count). The normalized spacial score (nSPS) is 19.2. The van der Waals surface area contributed by atoms with E-state index in [1.165, 1.54) is 17.7 Å². The SMILES string of the molecule is O=C(c1cc(F)c(F)c(O)c1F)N1CCC(NCC2CC2)CC1. The molecule has 1 saturated carbocycles. The first-order valence-electron chi connectivity index (χ1n) is 7.86. The highest BCUT2D eigenvalue weighted by molar-refractivity contribution is 5.95. The van der Waals surface area contributed by atoms with E-state index in [0.717, 1.165) is 25.3 Å². The molecule has 1 aliphatic carbocycles. The Labute approximate surface area is 132 Å². The predicted molar refractivity (Wildman–Crippen MR) is 77.6 cm³/mol. The van der Waals surface area contributed by atoms with Gasteiger partial charge in [-0.3, -0.25) is 4.79 Å². The van der Waals surface area contributed by atoms with Crippen molar-refractivity contribution in [2.24, 2.45) is 5.92 Å². The monoisotopic (exact) mass is 328 g/mol. The largest absolute Gasteiger partial charge is 0.503 e. The van der Waals surface area contributed by atoms with Gasteiger partial charge >= 0.3 is 0 Å². The first kappa shape index (κ1) is 16.1. The molecule has 1 amide bonds. The van der Waals surface area contributed by atoms with Crippen LogP contribution in [0.15, 0.2) is 6.07 Å². The molecule has 0 spiro atoms. The van der Waals surface area contributed by atoms with E-state index in [9.17, 15) is 23.1 Å². The van der Waals surface area contributed by atoms with E-state index in [0.29, 0.717) is 25.2 Å². The maximum Gasteiger partial charge on any atom is 0.257 e. The Hall–Kier alpha value is -1.76. The van der Waals surface area contributed by atoms with Crippen LogP contribution in [0, 0.1) is 23.4 Å². The summed E-state index contributed by atoms with van der Waals surface area (Å²) in [6.45, 7) is 1.82. The molecule has 1 aliphatic heterocycles. The second-order valence-corrected chi connectivity index (χ2v) is 6.30. The maximum absolute atomic E-state index is 13.8. The number of nitrogens with zero attached hydrogens (tertiary/aromatic N) is 1. The van der Waals surface area contributed by atoms with E-state index in [-0.39, 0.29) is 0 Å². The second kappa shape index (κ2) is 6.39. The third-order valence-electron chi connectivity index (χ3n) is 4.54. The number of hydrogen-bond donors (Lipinski definition) is 2. The van der Waals surface area contributed by atoms with Gasteiger partial charge in [0.05, 0.1) is 5.56 Å². The number of rotatable bonds is 4. The van der Waals surface area contributed by atoms with Crippen molar-refractivity contribution in [2.45, 2.75) is 31.7 Å². The number of carbonyl (C=O) groups excluding carboxylic acids is 1. The van der Waals surface area contributed by atoms with Gasteiger partial charge in [0.1, 0.15) is 0 Å².